The van der Waals surface area contributed by atoms with E-state index in [1.807, 2.05) is 72.9 Å². The highest BCUT2D eigenvalue weighted by Crippen LogP contribution is 2.48. The summed E-state index contributed by atoms with van der Waals surface area (Å²) in [6, 6.07) is 65.9. The number of nitrogens with zero attached hydrogens (tertiary/aromatic N) is 9. The first kappa shape index (κ1) is 63.3. The van der Waals surface area contributed by atoms with Crippen LogP contribution in [-0.2, 0) is 24.7 Å². The van der Waals surface area contributed by atoms with Gasteiger partial charge in [-0.15, -0.1) is 0 Å². The quantitative estimate of drug-likeness (QED) is 0.134. The molecule has 18 rings (SSSR count). The largest absolute Gasteiger partial charge is 0.416 e. The van der Waals surface area contributed by atoms with E-state index in [0.29, 0.717) is 138 Å². The summed E-state index contributed by atoms with van der Waals surface area (Å²) in [6.07, 6.45) is -12.3. The molecule has 0 spiro atoms. The molecule has 0 fully saturated rings. The summed E-state index contributed by atoms with van der Waals surface area (Å²) >= 11 is 0. The van der Waals surface area contributed by atoms with Crippen LogP contribution in [0.2, 0.25) is 0 Å². The number of halogens is 12. The molecular formula is C83H45F12N9. The first-order chi connectivity index (χ1) is 50.1. The standard InChI is InChI=1S/C83H45F12N9/c84-80(85,86)49-24-30-69-59(40-49)53-14-4-8-18-65(53)101(69)73-34-36-96-44-63(73)57-28-22-47(38-75(57)103-67-20-10-6-16-55(67)61-42-51(82(90,91)92)26-32-71(61)103)78-98-77(46-12-2-1-3-13-46)99-79(100-78)48-23-29-58(76(39-48)104-68-21-11-7-17-56(68)62-43-52(83(93,94)95)27-33-72(62)104)64-45-97-37-35-74(64)102-66-19-9-5-15-54(66)60-41-50(81(87,88)89)25-31-70(60)102/h1-45H. The first-order valence-corrected chi connectivity index (χ1v) is 32.5. The Hall–Kier alpha value is -12.9. The van der Waals surface area contributed by atoms with Crippen molar-refractivity contribution >= 4 is 87.2 Å². The number of fused-ring (bicyclic) bond motifs is 12. The molecule has 104 heavy (non-hydrogen) atoms. The van der Waals surface area contributed by atoms with Crippen LogP contribution >= 0.6 is 0 Å². The van der Waals surface area contributed by atoms with E-state index in [-0.39, 0.29) is 28.2 Å². The molecule has 0 N–H and O–H groups in total. The Morgan fingerprint density at radius 2 is 0.500 bits per heavy atom. The molecule has 0 bridgehead atoms. The van der Waals surface area contributed by atoms with Crippen LogP contribution in [0.5, 0.6) is 0 Å². The summed E-state index contributed by atoms with van der Waals surface area (Å²) in [5.74, 6) is 0.444. The van der Waals surface area contributed by atoms with Gasteiger partial charge in [0.05, 0.1) is 89.1 Å². The second kappa shape index (κ2) is 23.3. The van der Waals surface area contributed by atoms with E-state index in [4.69, 9.17) is 15.0 Å². The third-order valence-electron chi connectivity index (χ3n) is 19.3. The van der Waals surface area contributed by atoms with Crippen molar-refractivity contribution in [3.8, 4) is 79.2 Å². The lowest BCUT2D eigenvalue weighted by Gasteiger charge is -2.20. The molecular weight excluding hydrogens is 1350 g/mol. The van der Waals surface area contributed by atoms with Gasteiger partial charge in [0.25, 0.3) is 0 Å². The number of alkyl halides is 12. The third kappa shape index (κ3) is 10.3. The molecule has 7 heterocycles. The van der Waals surface area contributed by atoms with Crippen molar-refractivity contribution in [1.82, 2.24) is 43.2 Å². The Morgan fingerprint density at radius 3 is 0.817 bits per heavy atom. The van der Waals surface area contributed by atoms with Gasteiger partial charge in [-0.3, -0.25) is 9.97 Å². The second-order valence-electron chi connectivity index (χ2n) is 25.3. The molecule has 11 aromatic carbocycles. The fraction of sp³-hybridized carbons (Fsp3) is 0.0482. The number of aromatic nitrogens is 9. The molecule has 21 heteroatoms. The van der Waals surface area contributed by atoms with E-state index in [2.05, 4.69) is 9.97 Å². The predicted octanol–water partition coefficient (Wildman–Crippen LogP) is 23.5. The van der Waals surface area contributed by atoms with Gasteiger partial charge in [0.1, 0.15) is 0 Å². The zero-order chi connectivity index (χ0) is 71.3. The number of hydrogen-bond acceptors (Lipinski definition) is 5. The van der Waals surface area contributed by atoms with Crippen LogP contribution in [0, 0.1) is 0 Å². The molecule has 506 valence electrons. The molecule has 0 radical (unpaired) electrons. The van der Waals surface area contributed by atoms with Crippen LogP contribution in [0.25, 0.3) is 166 Å². The normalized spacial score (nSPS) is 12.6. The molecule has 0 atom stereocenters. The minimum Gasteiger partial charge on any atom is -0.309 e. The number of benzene rings is 11. The lowest BCUT2D eigenvalue weighted by Crippen LogP contribution is -2.06. The second-order valence-corrected chi connectivity index (χ2v) is 25.3. The SMILES string of the molecule is FC(F)(F)c1ccc2c(c1)c1ccccc1n2-c1ccncc1-c1ccc(-c2nc(-c3ccccc3)nc(-c3ccc(-c4cnccc4-n4c5ccccc5c5cc(C(F)(F)F)ccc54)c(-n4c5ccccc5c5cc(C(F)(F)F)ccc54)c3)n2)cc1-n1c2ccccc2c2cc(C(F)(F)F)ccc21. The molecule has 7 aromatic heterocycles. The molecule has 18 aromatic rings. The van der Waals surface area contributed by atoms with E-state index < -0.39 is 47.0 Å². The highest BCUT2D eigenvalue weighted by Gasteiger charge is 2.36. The zero-order valence-corrected chi connectivity index (χ0v) is 53.5. The summed E-state index contributed by atoms with van der Waals surface area (Å²) in [6.45, 7) is 0. The fourth-order valence-corrected chi connectivity index (χ4v) is 14.7. The Kier molecular flexibility index (Phi) is 14.2. The lowest BCUT2D eigenvalue weighted by atomic mass is 9.99. The summed E-state index contributed by atoms with van der Waals surface area (Å²) < 4.78 is 183. The Balaban J connectivity index is 0.892. The summed E-state index contributed by atoms with van der Waals surface area (Å²) in [5.41, 5.74) is 5.56. The summed E-state index contributed by atoms with van der Waals surface area (Å²) in [4.78, 5) is 24.9. The molecule has 0 saturated carbocycles. The maximum Gasteiger partial charge on any atom is 0.416 e. The first-order valence-electron chi connectivity index (χ1n) is 32.5. The van der Waals surface area contributed by atoms with Crippen molar-refractivity contribution in [2.75, 3.05) is 0 Å². The molecule has 0 unspecified atom stereocenters. The smallest absolute Gasteiger partial charge is 0.309 e. The van der Waals surface area contributed by atoms with Gasteiger partial charge >= 0.3 is 24.7 Å². The van der Waals surface area contributed by atoms with Gasteiger partial charge in [-0.05, 0) is 121 Å². The van der Waals surface area contributed by atoms with Gasteiger partial charge in [-0.1, -0.05) is 127 Å². The topological polar surface area (TPSA) is 84.2 Å². The lowest BCUT2D eigenvalue weighted by molar-refractivity contribution is -0.138. The van der Waals surface area contributed by atoms with Gasteiger partial charge in [0, 0.05) is 107 Å². The fourth-order valence-electron chi connectivity index (χ4n) is 14.7. The van der Waals surface area contributed by atoms with Crippen molar-refractivity contribution in [3.63, 3.8) is 0 Å². The Labute approximate surface area is 580 Å². The van der Waals surface area contributed by atoms with Crippen LogP contribution in [0.1, 0.15) is 22.3 Å². The number of hydrogen-bond donors (Lipinski definition) is 0. The molecule has 9 nitrogen and oxygen atoms in total. The van der Waals surface area contributed by atoms with Gasteiger partial charge in [0.15, 0.2) is 17.5 Å². The number of pyridine rings is 2. The average molecular weight is 1400 g/mol. The van der Waals surface area contributed by atoms with Crippen LogP contribution in [-0.4, -0.2) is 43.2 Å². The van der Waals surface area contributed by atoms with E-state index in [0.717, 1.165) is 48.5 Å². The molecule has 0 amide bonds. The van der Waals surface area contributed by atoms with Crippen molar-refractivity contribution in [3.05, 3.63) is 296 Å². The average Bonchev–Trinajstić information content (AvgIpc) is 1.54. The van der Waals surface area contributed by atoms with E-state index in [1.54, 1.807) is 146 Å². The van der Waals surface area contributed by atoms with Crippen molar-refractivity contribution in [2.45, 2.75) is 24.7 Å². The number of rotatable bonds is 9. The van der Waals surface area contributed by atoms with Crippen molar-refractivity contribution in [1.29, 1.82) is 0 Å². The van der Waals surface area contributed by atoms with Gasteiger partial charge < -0.3 is 18.3 Å². The summed E-state index contributed by atoms with van der Waals surface area (Å²) in [7, 11) is 0. The molecule has 0 aliphatic carbocycles. The van der Waals surface area contributed by atoms with Crippen LogP contribution in [0.15, 0.2) is 274 Å². The van der Waals surface area contributed by atoms with E-state index in [1.165, 1.54) is 24.3 Å². The third-order valence-corrected chi connectivity index (χ3v) is 19.3. The minimum absolute atomic E-state index is 0.118. The molecule has 0 saturated heterocycles. The monoisotopic (exact) mass is 1400 g/mol. The van der Waals surface area contributed by atoms with E-state index in [9.17, 15) is 52.7 Å². The van der Waals surface area contributed by atoms with E-state index >= 15 is 0 Å². The molecule has 0 aliphatic heterocycles. The predicted molar refractivity (Wildman–Crippen MR) is 380 cm³/mol. The van der Waals surface area contributed by atoms with Crippen LogP contribution in [0.4, 0.5) is 52.7 Å². The maximum absolute atomic E-state index is 14.8. The molecule has 0 aliphatic rings. The number of para-hydroxylation sites is 4. The van der Waals surface area contributed by atoms with Crippen LogP contribution in [0.3, 0.4) is 0 Å². The maximum atomic E-state index is 14.8. The highest BCUT2D eigenvalue weighted by molar-refractivity contribution is 6.14. The van der Waals surface area contributed by atoms with Gasteiger partial charge in [0.2, 0.25) is 0 Å². The van der Waals surface area contributed by atoms with Crippen molar-refractivity contribution in [2.24, 2.45) is 0 Å². The zero-order valence-electron chi connectivity index (χ0n) is 53.5. The Morgan fingerprint density at radius 1 is 0.221 bits per heavy atom. The van der Waals surface area contributed by atoms with Crippen LogP contribution < -0.4 is 0 Å². The highest BCUT2D eigenvalue weighted by atomic mass is 19.4. The Bertz CT molecular complexity index is 6200. The van der Waals surface area contributed by atoms with Gasteiger partial charge in [-0.25, -0.2) is 15.0 Å². The summed E-state index contributed by atoms with van der Waals surface area (Å²) in [5, 5.41) is 3.30. The minimum atomic E-state index is -4.71. The van der Waals surface area contributed by atoms with Crippen molar-refractivity contribution < 1.29 is 52.7 Å². The van der Waals surface area contributed by atoms with Gasteiger partial charge in [-0.2, -0.15) is 52.7 Å².